The Kier molecular flexibility index (Phi) is 2.54. The van der Waals surface area contributed by atoms with Crippen molar-refractivity contribution in [3.8, 4) is 0 Å². The minimum Gasteiger partial charge on any atom is -0.396 e. The van der Waals surface area contributed by atoms with E-state index in [0.29, 0.717) is 19.8 Å². The lowest BCUT2D eigenvalue weighted by Crippen LogP contribution is -2.50. The van der Waals surface area contributed by atoms with Crippen LogP contribution in [0, 0.1) is 5.41 Å². The highest BCUT2D eigenvalue weighted by Crippen LogP contribution is 2.28. The molecule has 0 spiro atoms. The first-order valence-corrected chi connectivity index (χ1v) is 6.37. The highest BCUT2D eigenvalue weighted by molar-refractivity contribution is 7.17. The fourth-order valence-corrected chi connectivity index (χ4v) is 2.89. The zero-order chi connectivity index (χ0) is 11.9. The lowest BCUT2D eigenvalue weighted by Gasteiger charge is -2.40. The van der Waals surface area contributed by atoms with Gasteiger partial charge in [0, 0.05) is 17.4 Å². The van der Waals surface area contributed by atoms with Crippen LogP contribution in [0.15, 0.2) is 28.5 Å². The zero-order valence-electron chi connectivity index (χ0n) is 9.26. The van der Waals surface area contributed by atoms with Gasteiger partial charge in [-0.15, -0.1) is 11.3 Å². The number of hydrogen-bond acceptors (Lipinski definition) is 4. The van der Waals surface area contributed by atoms with Crippen LogP contribution in [-0.4, -0.2) is 29.5 Å². The van der Waals surface area contributed by atoms with E-state index in [9.17, 15) is 9.90 Å². The van der Waals surface area contributed by atoms with Crippen LogP contribution < -0.4 is 5.56 Å². The summed E-state index contributed by atoms with van der Waals surface area (Å²) in [6.45, 7) is 1.63. The van der Waals surface area contributed by atoms with Gasteiger partial charge in [-0.05, 0) is 17.5 Å². The summed E-state index contributed by atoms with van der Waals surface area (Å²) in [6, 6.07) is 3.80. The molecule has 2 aromatic rings. The van der Waals surface area contributed by atoms with E-state index in [4.69, 9.17) is 4.74 Å². The number of ether oxygens (including phenoxy) is 1. The minimum absolute atomic E-state index is 0.0171. The summed E-state index contributed by atoms with van der Waals surface area (Å²) in [4.78, 5) is 12.2. The van der Waals surface area contributed by atoms with E-state index in [1.807, 2.05) is 17.5 Å². The molecule has 0 radical (unpaired) electrons. The molecule has 0 unspecified atom stereocenters. The van der Waals surface area contributed by atoms with Crippen molar-refractivity contribution in [3.63, 3.8) is 0 Å². The van der Waals surface area contributed by atoms with E-state index >= 15 is 0 Å². The van der Waals surface area contributed by atoms with Crippen LogP contribution in [0.5, 0.6) is 0 Å². The lowest BCUT2D eigenvalue weighted by molar-refractivity contribution is -0.145. The van der Waals surface area contributed by atoms with Gasteiger partial charge in [0.1, 0.15) is 0 Å². The Hall–Kier alpha value is -1.17. The Labute approximate surface area is 102 Å². The summed E-state index contributed by atoms with van der Waals surface area (Å²) >= 11 is 1.57. The average Bonchev–Trinajstić information content (AvgIpc) is 2.75. The highest BCUT2D eigenvalue weighted by atomic mass is 32.1. The number of pyridine rings is 1. The number of nitrogens with zero attached hydrogens (tertiary/aromatic N) is 1. The fourth-order valence-electron chi connectivity index (χ4n) is 2.12. The van der Waals surface area contributed by atoms with E-state index in [2.05, 4.69) is 0 Å². The van der Waals surface area contributed by atoms with Gasteiger partial charge in [-0.25, -0.2) is 0 Å². The van der Waals surface area contributed by atoms with Crippen LogP contribution in [0.2, 0.25) is 0 Å². The molecule has 0 aromatic carbocycles. The molecule has 4 nitrogen and oxygen atoms in total. The van der Waals surface area contributed by atoms with Crippen LogP contribution in [0.1, 0.15) is 0 Å². The molecule has 1 saturated heterocycles. The molecule has 0 bridgehead atoms. The number of rotatable bonds is 3. The molecule has 1 N–H and O–H groups in total. The molecular weight excluding hydrogens is 238 g/mol. The van der Waals surface area contributed by atoms with Crippen molar-refractivity contribution >= 4 is 21.4 Å². The standard InChI is InChI=1S/C12H13NO3S/c14-6-12(7-16-8-12)5-13-3-1-10-9(11(13)15)2-4-17-10/h1-4,14H,5-8H2. The quantitative estimate of drug-likeness (QED) is 0.888. The van der Waals surface area contributed by atoms with Gasteiger partial charge in [0.25, 0.3) is 5.56 Å². The number of hydrogen-bond donors (Lipinski definition) is 1. The molecule has 1 aliphatic rings. The third kappa shape index (κ3) is 1.71. The van der Waals surface area contributed by atoms with Gasteiger partial charge < -0.3 is 14.4 Å². The predicted octanol–water partition coefficient (Wildman–Crippen LogP) is 1.07. The first-order valence-electron chi connectivity index (χ1n) is 5.49. The number of aliphatic hydroxyl groups excluding tert-OH is 1. The van der Waals surface area contributed by atoms with Crippen LogP contribution >= 0.6 is 11.3 Å². The third-order valence-electron chi connectivity index (χ3n) is 3.25. The predicted molar refractivity (Wildman–Crippen MR) is 66.4 cm³/mol. The molecular formula is C12H13NO3S. The van der Waals surface area contributed by atoms with E-state index < -0.39 is 0 Å². The smallest absolute Gasteiger partial charge is 0.259 e. The van der Waals surface area contributed by atoms with Gasteiger partial charge in [-0.2, -0.15) is 0 Å². The van der Waals surface area contributed by atoms with Crippen LogP contribution in [-0.2, 0) is 11.3 Å². The lowest BCUT2D eigenvalue weighted by atomic mass is 9.87. The Bertz CT molecular complexity index is 592. The second kappa shape index (κ2) is 3.94. The average molecular weight is 251 g/mol. The summed E-state index contributed by atoms with van der Waals surface area (Å²) in [5, 5.41) is 12.0. The van der Waals surface area contributed by atoms with Gasteiger partial charge >= 0.3 is 0 Å². The van der Waals surface area contributed by atoms with Gasteiger partial charge in [0.15, 0.2) is 0 Å². The molecule has 2 aromatic heterocycles. The van der Waals surface area contributed by atoms with Crippen molar-refractivity contribution in [1.29, 1.82) is 0 Å². The summed E-state index contributed by atoms with van der Waals surface area (Å²) in [7, 11) is 0. The molecule has 90 valence electrons. The Morgan fingerprint density at radius 1 is 1.47 bits per heavy atom. The van der Waals surface area contributed by atoms with E-state index in [-0.39, 0.29) is 17.6 Å². The number of fused-ring (bicyclic) bond motifs is 1. The summed E-state index contributed by atoms with van der Waals surface area (Å²) in [5.41, 5.74) is -0.253. The van der Waals surface area contributed by atoms with Gasteiger partial charge in [-0.1, -0.05) is 0 Å². The second-order valence-electron chi connectivity index (χ2n) is 4.60. The Balaban J connectivity index is 2.00. The van der Waals surface area contributed by atoms with Crippen molar-refractivity contribution in [1.82, 2.24) is 4.57 Å². The molecule has 1 fully saturated rings. The first-order chi connectivity index (χ1) is 8.24. The minimum atomic E-state index is -0.270. The maximum absolute atomic E-state index is 12.2. The molecule has 0 saturated carbocycles. The largest absolute Gasteiger partial charge is 0.396 e. The Morgan fingerprint density at radius 2 is 2.29 bits per heavy atom. The van der Waals surface area contributed by atoms with Crippen LogP contribution in [0.25, 0.3) is 10.1 Å². The third-order valence-corrected chi connectivity index (χ3v) is 4.13. The summed E-state index contributed by atoms with van der Waals surface area (Å²) in [6.07, 6.45) is 1.80. The molecule has 17 heavy (non-hydrogen) atoms. The summed E-state index contributed by atoms with van der Waals surface area (Å²) in [5.74, 6) is 0. The topological polar surface area (TPSA) is 51.5 Å². The molecule has 0 amide bonds. The van der Waals surface area contributed by atoms with Crippen molar-refractivity contribution in [2.75, 3.05) is 19.8 Å². The molecule has 5 heteroatoms. The second-order valence-corrected chi connectivity index (χ2v) is 5.55. The van der Waals surface area contributed by atoms with E-state index in [1.165, 1.54) is 0 Å². The maximum atomic E-state index is 12.2. The van der Waals surface area contributed by atoms with Crippen LogP contribution in [0.4, 0.5) is 0 Å². The van der Waals surface area contributed by atoms with Gasteiger partial charge in [-0.3, -0.25) is 4.79 Å². The van der Waals surface area contributed by atoms with Crippen molar-refractivity contribution in [3.05, 3.63) is 34.1 Å². The number of aliphatic hydroxyl groups is 1. The number of thiophene rings is 1. The monoisotopic (exact) mass is 251 g/mol. The number of aromatic nitrogens is 1. The Morgan fingerprint density at radius 3 is 2.94 bits per heavy atom. The van der Waals surface area contributed by atoms with Gasteiger partial charge in [0.2, 0.25) is 0 Å². The molecule has 0 aliphatic carbocycles. The van der Waals surface area contributed by atoms with Crippen molar-refractivity contribution < 1.29 is 9.84 Å². The van der Waals surface area contributed by atoms with E-state index in [1.54, 1.807) is 22.1 Å². The molecule has 3 heterocycles. The molecule has 0 atom stereocenters. The molecule has 3 rings (SSSR count). The van der Waals surface area contributed by atoms with E-state index in [0.717, 1.165) is 10.1 Å². The zero-order valence-corrected chi connectivity index (χ0v) is 10.1. The summed E-state index contributed by atoms with van der Waals surface area (Å²) < 4.78 is 7.82. The van der Waals surface area contributed by atoms with Crippen LogP contribution in [0.3, 0.4) is 0 Å². The van der Waals surface area contributed by atoms with Crippen molar-refractivity contribution in [2.45, 2.75) is 6.54 Å². The first kappa shape index (κ1) is 11.0. The normalized spacial score (nSPS) is 18.2. The SMILES string of the molecule is O=c1c2ccsc2ccn1CC1(CO)COC1. The molecule has 1 aliphatic heterocycles. The maximum Gasteiger partial charge on any atom is 0.259 e. The highest BCUT2D eigenvalue weighted by Gasteiger charge is 2.38. The fraction of sp³-hybridized carbons (Fsp3) is 0.417. The van der Waals surface area contributed by atoms with Gasteiger partial charge in [0.05, 0.1) is 30.6 Å². The van der Waals surface area contributed by atoms with Crippen molar-refractivity contribution in [2.24, 2.45) is 5.41 Å².